The van der Waals surface area contributed by atoms with Gasteiger partial charge in [-0.2, -0.15) is 0 Å². The number of aromatic hydroxyl groups is 1. The second-order valence-electron chi connectivity index (χ2n) is 4.84. The van der Waals surface area contributed by atoms with Crippen LogP contribution in [-0.4, -0.2) is 11.1 Å². The largest absolute Gasteiger partial charge is 0.508 e. The summed E-state index contributed by atoms with van der Waals surface area (Å²) in [4.78, 5) is 0. The molecule has 2 aromatic carbocycles. The van der Waals surface area contributed by atoms with E-state index in [0.29, 0.717) is 11.8 Å². The Morgan fingerprint density at radius 2 is 1.39 bits per heavy atom. The molecule has 2 heteroatoms. The van der Waals surface area contributed by atoms with Gasteiger partial charge in [-0.25, -0.2) is 0 Å². The lowest BCUT2D eigenvalue weighted by Crippen LogP contribution is -2.09. The molecular formula is C16H19NO. The minimum atomic E-state index is 0.315. The molecule has 0 aromatic heterocycles. The number of anilines is 1. The molecule has 0 atom stereocenters. The monoisotopic (exact) mass is 241 g/mol. The first kappa shape index (κ1) is 12.5. The molecule has 2 N–H and O–H groups in total. The number of hydrogen-bond donors (Lipinski definition) is 2. The molecule has 0 fully saturated rings. The number of hydrogen-bond acceptors (Lipinski definition) is 2. The highest BCUT2D eigenvalue weighted by molar-refractivity contribution is 5.46. The molecule has 0 spiro atoms. The lowest BCUT2D eigenvalue weighted by molar-refractivity contribution is 0.475. The van der Waals surface area contributed by atoms with Gasteiger partial charge in [-0.1, -0.05) is 24.3 Å². The molecule has 18 heavy (non-hydrogen) atoms. The Hall–Kier alpha value is -1.96. The van der Waals surface area contributed by atoms with Crippen molar-refractivity contribution in [1.29, 1.82) is 0 Å². The van der Waals surface area contributed by atoms with Crippen molar-refractivity contribution < 1.29 is 5.11 Å². The van der Waals surface area contributed by atoms with Gasteiger partial charge in [0.15, 0.2) is 0 Å². The van der Waals surface area contributed by atoms with Crippen molar-refractivity contribution in [3.8, 4) is 5.75 Å². The second-order valence-corrected chi connectivity index (χ2v) is 4.84. The van der Waals surface area contributed by atoms with Gasteiger partial charge in [0, 0.05) is 11.7 Å². The molecule has 2 nitrogen and oxygen atoms in total. The van der Waals surface area contributed by atoms with Gasteiger partial charge < -0.3 is 10.4 Å². The molecule has 0 radical (unpaired) electrons. The van der Waals surface area contributed by atoms with Gasteiger partial charge in [-0.05, 0) is 55.7 Å². The van der Waals surface area contributed by atoms with E-state index in [1.165, 1.54) is 11.1 Å². The van der Waals surface area contributed by atoms with Crippen molar-refractivity contribution in [3.05, 3.63) is 59.7 Å². The first-order valence-corrected chi connectivity index (χ1v) is 6.27. The summed E-state index contributed by atoms with van der Waals surface area (Å²) in [6.07, 6.45) is 0.891. The van der Waals surface area contributed by atoms with E-state index in [0.717, 1.165) is 12.1 Å². The Morgan fingerprint density at radius 1 is 0.889 bits per heavy atom. The van der Waals surface area contributed by atoms with Gasteiger partial charge in [-0.15, -0.1) is 0 Å². The van der Waals surface area contributed by atoms with Crippen LogP contribution in [0.1, 0.15) is 25.0 Å². The molecule has 94 valence electrons. The summed E-state index contributed by atoms with van der Waals surface area (Å²) in [6.45, 7) is 4.26. The van der Waals surface area contributed by atoms with Crippen molar-refractivity contribution in [2.45, 2.75) is 26.3 Å². The topological polar surface area (TPSA) is 32.3 Å². The van der Waals surface area contributed by atoms with Gasteiger partial charge in [0.2, 0.25) is 0 Å². The highest BCUT2D eigenvalue weighted by Crippen LogP contribution is 2.16. The fraction of sp³-hybridized carbons (Fsp3) is 0.250. The highest BCUT2D eigenvalue weighted by Gasteiger charge is 1.98. The van der Waals surface area contributed by atoms with Gasteiger partial charge in [0.05, 0.1) is 0 Å². The standard InChI is InChI=1S/C16H19NO/c1-12(2)17-15-7-3-13(4-8-15)11-14-5-9-16(18)10-6-14/h3-10,12,17-18H,11H2,1-2H3. The molecule has 0 aliphatic rings. The van der Waals surface area contributed by atoms with E-state index in [4.69, 9.17) is 0 Å². The molecule has 0 amide bonds. The summed E-state index contributed by atoms with van der Waals surface area (Å²) in [5.74, 6) is 0.315. The first-order valence-electron chi connectivity index (χ1n) is 6.27. The Morgan fingerprint density at radius 3 is 1.89 bits per heavy atom. The predicted molar refractivity (Wildman–Crippen MR) is 76.1 cm³/mol. The fourth-order valence-electron chi connectivity index (χ4n) is 1.90. The Balaban J connectivity index is 2.04. The smallest absolute Gasteiger partial charge is 0.115 e. The first-order chi connectivity index (χ1) is 8.63. The normalized spacial score (nSPS) is 10.6. The van der Waals surface area contributed by atoms with Gasteiger partial charge in [0.25, 0.3) is 0 Å². The molecule has 0 bridgehead atoms. The zero-order valence-corrected chi connectivity index (χ0v) is 10.9. The van der Waals surface area contributed by atoms with E-state index in [9.17, 15) is 5.11 Å². The van der Waals surface area contributed by atoms with E-state index >= 15 is 0 Å². The average molecular weight is 241 g/mol. The van der Waals surface area contributed by atoms with Gasteiger partial charge >= 0.3 is 0 Å². The number of nitrogens with one attached hydrogen (secondary N) is 1. The van der Waals surface area contributed by atoms with Crippen LogP contribution in [0.2, 0.25) is 0 Å². The lowest BCUT2D eigenvalue weighted by Gasteiger charge is -2.10. The molecule has 2 rings (SSSR count). The van der Waals surface area contributed by atoms with Crippen molar-refractivity contribution in [2.75, 3.05) is 5.32 Å². The maximum absolute atomic E-state index is 9.23. The van der Waals surface area contributed by atoms with E-state index in [2.05, 4.69) is 43.4 Å². The summed E-state index contributed by atoms with van der Waals surface area (Å²) < 4.78 is 0. The maximum Gasteiger partial charge on any atom is 0.115 e. The summed E-state index contributed by atoms with van der Waals surface area (Å²) in [6, 6.07) is 16.3. The van der Waals surface area contributed by atoms with Crippen molar-refractivity contribution in [3.63, 3.8) is 0 Å². The zero-order chi connectivity index (χ0) is 13.0. The maximum atomic E-state index is 9.23. The fourth-order valence-corrected chi connectivity index (χ4v) is 1.90. The van der Waals surface area contributed by atoms with E-state index in [1.807, 2.05) is 12.1 Å². The Kier molecular flexibility index (Phi) is 3.88. The van der Waals surface area contributed by atoms with Crippen LogP contribution < -0.4 is 5.32 Å². The third-order valence-electron chi connectivity index (χ3n) is 2.75. The third-order valence-corrected chi connectivity index (χ3v) is 2.75. The molecule has 0 aliphatic heterocycles. The molecule has 0 saturated carbocycles. The number of benzene rings is 2. The van der Waals surface area contributed by atoms with Crippen molar-refractivity contribution >= 4 is 5.69 Å². The summed E-state index contributed by atoms with van der Waals surface area (Å²) in [7, 11) is 0. The van der Waals surface area contributed by atoms with Crippen LogP contribution in [-0.2, 0) is 6.42 Å². The number of phenolic OH excluding ortho intramolecular Hbond substituents is 1. The van der Waals surface area contributed by atoms with Crippen LogP contribution in [0, 0.1) is 0 Å². The summed E-state index contributed by atoms with van der Waals surface area (Å²) >= 11 is 0. The van der Waals surface area contributed by atoms with Crippen LogP contribution in [0.25, 0.3) is 0 Å². The van der Waals surface area contributed by atoms with Crippen molar-refractivity contribution in [2.24, 2.45) is 0 Å². The van der Waals surface area contributed by atoms with Gasteiger partial charge in [0.1, 0.15) is 5.75 Å². The Labute approximate surface area is 108 Å². The van der Waals surface area contributed by atoms with Crippen molar-refractivity contribution in [1.82, 2.24) is 0 Å². The SMILES string of the molecule is CC(C)Nc1ccc(Cc2ccc(O)cc2)cc1. The molecule has 0 heterocycles. The summed E-state index contributed by atoms with van der Waals surface area (Å²) in [5.41, 5.74) is 3.63. The highest BCUT2D eigenvalue weighted by atomic mass is 16.3. The zero-order valence-electron chi connectivity index (χ0n) is 10.9. The minimum absolute atomic E-state index is 0.315. The number of phenols is 1. The minimum Gasteiger partial charge on any atom is -0.508 e. The molecular weight excluding hydrogens is 222 g/mol. The van der Waals surface area contributed by atoms with E-state index < -0.39 is 0 Å². The van der Waals surface area contributed by atoms with E-state index in [1.54, 1.807) is 12.1 Å². The van der Waals surface area contributed by atoms with Crippen LogP contribution in [0.5, 0.6) is 5.75 Å². The van der Waals surface area contributed by atoms with Crippen LogP contribution in [0.4, 0.5) is 5.69 Å². The lowest BCUT2D eigenvalue weighted by atomic mass is 10.0. The van der Waals surface area contributed by atoms with E-state index in [-0.39, 0.29) is 0 Å². The summed E-state index contributed by atoms with van der Waals surface area (Å²) in [5, 5.41) is 12.6. The van der Waals surface area contributed by atoms with Gasteiger partial charge in [-0.3, -0.25) is 0 Å². The average Bonchev–Trinajstić information content (AvgIpc) is 2.34. The van der Waals surface area contributed by atoms with Crippen LogP contribution in [0.15, 0.2) is 48.5 Å². The second kappa shape index (κ2) is 5.58. The quantitative estimate of drug-likeness (QED) is 0.853. The molecule has 0 saturated heterocycles. The predicted octanol–water partition coefficient (Wildman–Crippen LogP) is 3.80. The Bertz CT molecular complexity index is 486. The molecule has 0 aliphatic carbocycles. The van der Waals surface area contributed by atoms with Crippen LogP contribution in [0.3, 0.4) is 0 Å². The molecule has 2 aromatic rings. The molecule has 0 unspecified atom stereocenters. The van der Waals surface area contributed by atoms with Crippen LogP contribution >= 0.6 is 0 Å². The number of rotatable bonds is 4. The third kappa shape index (κ3) is 3.52.